The molecule has 1 aromatic heterocycles. The van der Waals surface area contributed by atoms with Gasteiger partial charge in [0.15, 0.2) is 0 Å². The minimum Gasteiger partial charge on any atom is -0.382 e. The number of pyridine rings is 1. The molecule has 0 aromatic carbocycles. The molecule has 0 aliphatic heterocycles. The van der Waals surface area contributed by atoms with Crippen LogP contribution in [0.1, 0.15) is 5.69 Å². The summed E-state index contributed by atoms with van der Waals surface area (Å²) < 4.78 is 0.852. The molecule has 1 rings (SSSR count). The SMILES string of the molecule is Cl.N=C(N)c1cccc(I)n1. The maximum absolute atomic E-state index is 7.04. The molecule has 0 unspecified atom stereocenters. The van der Waals surface area contributed by atoms with Gasteiger partial charge in [-0.05, 0) is 34.7 Å². The van der Waals surface area contributed by atoms with Gasteiger partial charge in [0.25, 0.3) is 0 Å². The molecule has 0 aliphatic carbocycles. The van der Waals surface area contributed by atoms with E-state index < -0.39 is 0 Å². The van der Waals surface area contributed by atoms with Gasteiger partial charge >= 0.3 is 0 Å². The number of aromatic nitrogens is 1. The number of nitrogens with zero attached hydrogens (tertiary/aromatic N) is 1. The number of halogens is 2. The molecule has 1 aromatic rings. The summed E-state index contributed by atoms with van der Waals surface area (Å²) in [6.07, 6.45) is 0. The van der Waals surface area contributed by atoms with Crippen LogP contribution in [0.15, 0.2) is 18.2 Å². The van der Waals surface area contributed by atoms with Crippen LogP contribution in [0.4, 0.5) is 0 Å². The van der Waals surface area contributed by atoms with E-state index >= 15 is 0 Å². The molecular formula is C6H7ClIN3. The molecule has 0 atom stereocenters. The molecule has 11 heavy (non-hydrogen) atoms. The molecule has 0 spiro atoms. The van der Waals surface area contributed by atoms with Crippen LogP contribution in [0.3, 0.4) is 0 Å². The highest BCUT2D eigenvalue weighted by molar-refractivity contribution is 14.1. The molecular weight excluding hydrogens is 276 g/mol. The van der Waals surface area contributed by atoms with Crippen LogP contribution in [0.5, 0.6) is 0 Å². The Morgan fingerprint density at radius 2 is 2.18 bits per heavy atom. The van der Waals surface area contributed by atoms with Crippen LogP contribution in [-0.4, -0.2) is 10.8 Å². The zero-order valence-electron chi connectivity index (χ0n) is 5.54. The van der Waals surface area contributed by atoms with Gasteiger partial charge in [0.1, 0.15) is 15.2 Å². The number of rotatable bonds is 1. The lowest BCUT2D eigenvalue weighted by Crippen LogP contribution is -2.13. The van der Waals surface area contributed by atoms with Crippen molar-refractivity contribution in [1.82, 2.24) is 4.98 Å². The van der Waals surface area contributed by atoms with Crippen LogP contribution in [-0.2, 0) is 0 Å². The largest absolute Gasteiger partial charge is 0.382 e. The van der Waals surface area contributed by atoms with E-state index in [9.17, 15) is 0 Å². The summed E-state index contributed by atoms with van der Waals surface area (Å²) in [5.74, 6) is 0.0125. The van der Waals surface area contributed by atoms with Gasteiger partial charge in [-0.3, -0.25) is 5.41 Å². The Bertz CT molecular complexity index is 264. The van der Waals surface area contributed by atoms with Gasteiger partial charge < -0.3 is 5.73 Å². The van der Waals surface area contributed by atoms with Crippen LogP contribution < -0.4 is 5.73 Å². The molecule has 0 saturated heterocycles. The second kappa shape index (κ2) is 4.50. The monoisotopic (exact) mass is 283 g/mol. The lowest BCUT2D eigenvalue weighted by atomic mass is 10.3. The summed E-state index contributed by atoms with van der Waals surface area (Å²) in [6.45, 7) is 0. The van der Waals surface area contributed by atoms with Crippen LogP contribution in [0, 0.1) is 9.11 Å². The average Bonchev–Trinajstić information content (AvgIpc) is 1.88. The van der Waals surface area contributed by atoms with Crippen molar-refractivity contribution in [2.45, 2.75) is 0 Å². The number of hydrogen-bond acceptors (Lipinski definition) is 2. The fourth-order valence-corrected chi connectivity index (χ4v) is 1.03. The van der Waals surface area contributed by atoms with Crippen LogP contribution >= 0.6 is 35.0 Å². The molecule has 0 bridgehead atoms. The van der Waals surface area contributed by atoms with Gasteiger partial charge in [-0.25, -0.2) is 4.98 Å². The maximum Gasteiger partial charge on any atom is 0.141 e. The van der Waals surface area contributed by atoms with Gasteiger partial charge in [-0.2, -0.15) is 0 Å². The van der Waals surface area contributed by atoms with E-state index in [0.717, 1.165) is 3.70 Å². The quantitative estimate of drug-likeness (QED) is 0.354. The first-order valence-electron chi connectivity index (χ1n) is 2.67. The van der Waals surface area contributed by atoms with Crippen molar-refractivity contribution in [1.29, 1.82) is 5.41 Å². The Labute approximate surface area is 84.5 Å². The summed E-state index contributed by atoms with van der Waals surface area (Å²) in [6, 6.07) is 5.39. The molecule has 60 valence electrons. The number of nitrogen functional groups attached to an aromatic ring is 1. The second-order valence-electron chi connectivity index (χ2n) is 1.76. The van der Waals surface area contributed by atoms with Gasteiger partial charge in [0, 0.05) is 0 Å². The average molecular weight is 284 g/mol. The number of nitrogens with two attached hydrogens (primary N) is 1. The highest BCUT2D eigenvalue weighted by atomic mass is 127. The number of amidine groups is 1. The molecule has 0 amide bonds. The Balaban J connectivity index is 0.000001000. The molecule has 0 aliphatic rings. The van der Waals surface area contributed by atoms with E-state index in [2.05, 4.69) is 27.6 Å². The van der Waals surface area contributed by atoms with Gasteiger partial charge in [0.05, 0.1) is 0 Å². The van der Waals surface area contributed by atoms with Crippen LogP contribution in [0.2, 0.25) is 0 Å². The van der Waals surface area contributed by atoms with Crippen molar-refractivity contribution >= 4 is 40.8 Å². The highest BCUT2D eigenvalue weighted by Crippen LogP contribution is 2.00. The first-order chi connectivity index (χ1) is 4.70. The second-order valence-corrected chi connectivity index (χ2v) is 2.86. The third kappa shape index (κ3) is 3.02. The Kier molecular flexibility index (Phi) is 4.36. The summed E-state index contributed by atoms with van der Waals surface area (Å²) in [7, 11) is 0. The summed E-state index contributed by atoms with van der Waals surface area (Å²) in [5, 5.41) is 7.04. The first-order valence-corrected chi connectivity index (χ1v) is 3.75. The normalized spacial score (nSPS) is 8.45. The Morgan fingerprint density at radius 3 is 2.55 bits per heavy atom. The summed E-state index contributed by atoms with van der Waals surface area (Å²) >= 11 is 2.08. The molecule has 5 heteroatoms. The summed E-state index contributed by atoms with van der Waals surface area (Å²) in [5.41, 5.74) is 5.73. The summed E-state index contributed by atoms with van der Waals surface area (Å²) in [4.78, 5) is 4.01. The minimum absolute atomic E-state index is 0. The van der Waals surface area contributed by atoms with E-state index in [4.69, 9.17) is 11.1 Å². The van der Waals surface area contributed by atoms with Crippen molar-refractivity contribution in [3.63, 3.8) is 0 Å². The fraction of sp³-hybridized carbons (Fsp3) is 0. The maximum atomic E-state index is 7.04. The molecule has 0 radical (unpaired) electrons. The molecule has 3 N–H and O–H groups in total. The molecule has 0 fully saturated rings. The van der Waals surface area contributed by atoms with Crippen molar-refractivity contribution in [3.8, 4) is 0 Å². The van der Waals surface area contributed by atoms with E-state index in [1.165, 1.54) is 0 Å². The molecule has 1 heterocycles. The standard InChI is InChI=1S/C6H6IN3.ClH/c7-5-3-1-2-4(10-5)6(8)9;/h1-3H,(H3,8,9);1H. The third-order valence-corrected chi connectivity index (χ3v) is 1.59. The number of hydrogen-bond donors (Lipinski definition) is 2. The molecule has 0 saturated carbocycles. The lowest BCUT2D eigenvalue weighted by Gasteiger charge is -1.95. The fourth-order valence-electron chi connectivity index (χ4n) is 0.558. The van der Waals surface area contributed by atoms with Crippen molar-refractivity contribution in [2.24, 2.45) is 5.73 Å². The number of nitrogens with one attached hydrogen (secondary N) is 1. The predicted molar refractivity (Wildman–Crippen MR) is 55.2 cm³/mol. The smallest absolute Gasteiger partial charge is 0.141 e. The predicted octanol–water partition coefficient (Wildman–Crippen LogP) is 1.39. The first kappa shape index (κ1) is 10.6. The van der Waals surface area contributed by atoms with Crippen molar-refractivity contribution in [2.75, 3.05) is 0 Å². The Hall–Kier alpha value is -0.360. The van der Waals surface area contributed by atoms with Crippen LogP contribution in [0.25, 0.3) is 0 Å². The van der Waals surface area contributed by atoms with E-state index in [1.54, 1.807) is 6.07 Å². The lowest BCUT2D eigenvalue weighted by molar-refractivity contribution is 1.22. The van der Waals surface area contributed by atoms with E-state index in [1.807, 2.05) is 12.1 Å². The highest BCUT2D eigenvalue weighted by Gasteiger charge is 1.95. The van der Waals surface area contributed by atoms with Crippen molar-refractivity contribution in [3.05, 3.63) is 27.6 Å². The zero-order chi connectivity index (χ0) is 7.56. The van der Waals surface area contributed by atoms with Gasteiger partial charge in [-0.1, -0.05) is 6.07 Å². The van der Waals surface area contributed by atoms with E-state index in [-0.39, 0.29) is 18.2 Å². The molecule has 3 nitrogen and oxygen atoms in total. The topological polar surface area (TPSA) is 62.8 Å². The third-order valence-electron chi connectivity index (χ3n) is 0.991. The Morgan fingerprint density at radius 1 is 1.55 bits per heavy atom. The van der Waals surface area contributed by atoms with Crippen molar-refractivity contribution < 1.29 is 0 Å². The van der Waals surface area contributed by atoms with E-state index in [0.29, 0.717) is 5.69 Å². The zero-order valence-corrected chi connectivity index (χ0v) is 8.52. The minimum atomic E-state index is 0. The van der Waals surface area contributed by atoms with Gasteiger partial charge in [-0.15, -0.1) is 12.4 Å². The van der Waals surface area contributed by atoms with Gasteiger partial charge in [0.2, 0.25) is 0 Å².